The van der Waals surface area contributed by atoms with Crippen LogP contribution in [0.25, 0.3) is 11.0 Å². The van der Waals surface area contributed by atoms with Crippen LogP contribution in [0.3, 0.4) is 0 Å². The molecule has 2 atom stereocenters. The largest absolute Gasteiger partial charge is 0.315 e. The fourth-order valence-electron chi connectivity index (χ4n) is 2.17. The molecule has 1 saturated heterocycles. The van der Waals surface area contributed by atoms with Gasteiger partial charge >= 0.3 is 0 Å². The second kappa shape index (κ2) is 6.42. The van der Waals surface area contributed by atoms with Gasteiger partial charge in [0.1, 0.15) is 5.03 Å². The molecule has 1 aliphatic rings. The van der Waals surface area contributed by atoms with Gasteiger partial charge in [0.2, 0.25) is 0 Å². The van der Waals surface area contributed by atoms with Crippen molar-refractivity contribution in [1.82, 2.24) is 15.3 Å². The molecule has 1 aromatic carbocycles. The van der Waals surface area contributed by atoms with E-state index in [1.165, 1.54) is 24.4 Å². The van der Waals surface area contributed by atoms with Crippen LogP contribution in [-0.2, 0) is 10.8 Å². The summed E-state index contributed by atoms with van der Waals surface area (Å²) in [5, 5.41) is 14.3. The number of halogens is 1. The SMILES string of the molecule is Cl.O=[N+]([O-])c1ccc2nc(S(=O)[C@@H]3CCNC3)cnc2c1. The van der Waals surface area contributed by atoms with Gasteiger partial charge in [-0.25, -0.2) is 4.98 Å². The topological polar surface area (TPSA) is 98.0 Å². The number of nitrogens with one attached hydrogen (secondary N) is 1. The Bertz CT molecular complexity index is 706. The van der Waals surface area contributed by atoms with Crippen LogP contribution in [-0.4, -0.2) is 37.4 Å². The number of nitro groups is 1. The van der Waals surface area contributed by atoms with Crippen LogP contribution >= 0.6 is 12.4 Å². The molecular formula is C12H13ClN4O3S. The molecule has 1 aromatic heterocycles. The first-order chi connectivity index (χ1) is 9.65. The van der Waals surface area contributed by atoms with Crippen LogP contribution in [0.2, 0.25) is 0 Å². The maximum absolute atomic E-state index is 12.3. The van der Waals surface area contributed by atoms with E-state index in [1.807, 2.05) is 0 Å². The molecule has 0 radical (unpaired) electrons. The first kappa shape index (κ1) is 15.7. The fourth-order valence-corrected chi connectivity index (χ4v) is 3.46. The number of nitrogens with zero attached hydrogens (tertiary/aromatic N) is 3. The highest BCUT2D eigenvalue weighted by Crippen LogP contribution is 2.20. The zero-order valence-electron chi connectivity index (χ0n) is 10.9. The van der Waals surface area contributed by atoms with Crippen molar-refractivity contribution in [3.8, 4) is 0 Å². The van der Waals surface area contributed by atoms with Crippen molar-refractivity contribution < 1.29 is 9.13 Å². The predicted octanol–water partition coefficient (Wildman–Crippen LogP) is 1.43. The van der Waals surface area contributed by atoms with Crippen LogP contribution in [0, 0.1) is 10.1 Å². The van der Waals surface area contributed by atoms with Gasteiger partial charge in [-0.05, 0) is 19.0 Å². The molecule has 1 unspecified atom stereocenters. The molecule has 21 heavy (non-hydrogen) atoms. The molecular weight excluding hydrogens is 316 g/mol. The highest BCUT2D eigenvalue weighted by molar-refractivity contribution is 7.85. The minimum Gasteiger partial charge on any atom is -0.315 e. The third-order valence-corrected chi connectivity index (χ3v) is 4.86. The van der Waals surface area contributed by atoms with E-state index in [1.54, 1.807) is 0 Å². The number of rotatable bonds is 3. The third kappa shape index (κ3) is 3.17. The van der Waals surface area contributed by atoms with E-state index in [4.69, 9.17) is 0 Å². The van der Waals surface area contributed by atoms with E-state index in [2.05, 4.69) is 15.3 Å². The predicted molar refractivity (Wildman–Crippen MR) is 81.1 cm³/mol. The van der Waals surface area contributed by atoms with Crippen LogP contribution in [0.4, 0.5) is 5.69 Å². The third-order valence-electron chi connectivity index (χ3n) is 3.24. The molecule has 0 spiro atoms. The van der Waals surface area contributed by atoms with Gasteiger partial charge in [0, 0.05) is 18.7 Å². The van der Waals surface area contributed by atoms with Crippen LogP contribution in [0.1, 0.15) is 6.42 Å². The summed E-state index contributed by atoms with van der Waals surface area (Å²) in [6, 6.07) is 4.28. The molecule has 9 heteroatoms. The molecule has 3 rings (SSSR count). The lowest BCUT2D eigenvalue weighted by Crippen LogP contribution is -2.19. The quantitative estimate of drug-likeness (QED) is 0.676. The van der Waals surface area contributed by atoms with E-state index in [-0.39, 0.29) is 23.3 Å². The summed E-state index contributed by atoms with van der Waals surface area (Å²) in [4.78, 5) is 18.7. The Kier molecular flexibility index (Phi) is 4.81. The lowest BCUT2D eigenvalue weighted by atomic mass is 10.3. The summed E-state index contributed by atoms with van der Waals surface area (Å²) >= 11 is 0. The van der Waals surface area contributed by atoms with Crippen molar-refractivity contribution in [2.24, 2.45) is 0 Å². The van der Waals surface area contributed by atoms with Gasteiger partial charge in [0.15, 0.2) is 0 Å². The first-order valence-corrected chi connectivity index (χ1v) is 7.39. The number of aromatic nitrogens is 2. The Morgan fingerprint density at radius 2 is 2.19 bits per heavy atom. The normalized spacial score (nSPS) is 19.1. The Morgan fingerprint density at radius 3 is 2.86 bits per heavy atom. The molecule has 1 N–H and O–H groups in total. The molecule has 0 aliphatic carbocycles. The smallest absolute Gasteiger partial charge is 0.271 e. The molecule has 1 aliphatic heterocycles. The Labute approximate surface area is 129 Å². The monoisotopic (exact) mass is 328 g/mol. The summed E-state index contributed by atoms with van der Waals surface area (Å²) in [6.45, 7) is 1.58. The van der Waals surface area contributed by atoms with Gasteiger partial charge in [0.25, 0.3) is 5.69 Å². The number of hydrogen-bond donors (Lipinski definition) is 1. The van der Waals surface area contributed by atoms with Crippen LogP contribution in [0.5, 0.6) is 0 Å². The molecule has 2 heterocycles. The van der Waals surface area contributed by atoms with Gasteiger partial charge in [-0.2, -0.15) is 0 Å². The maximum atomic E-state index is 12.3. The highest BCUT2D eigenvalue weighted by Gasteiger charge is 2.23. The number of hydrogen-bond acceptors (Lipinski definition) is 6. The number of benzene rings is 1. The zero-order chi connectivity index (χ0) is 14.1. The Morgan fingerprint density at radius 1 is 1.38 bits per heavy atom. The lowest BCUT2D eigenvalue weighted by molar-refractivity contribution is -0.384. The summed E-state index contributed by atoms with van der Waals surface area (Å²) in [7, 11) is -1.20. The van der Waals surface area contributed by atoms with Crippen molar-refractivity contribution in [3.63, 3.8) is 0 Å². The highest BCUT2D eigenvalue weighted by atomic mass is 35.5. The zero-order valence-corrected chi connectivity index (χ0v) is 12.5. The molecule has 2 aromatic rings. The number of non-ortho nitro benzene ring substituents is 1. The minimum atomic E-state index is -1.20. The van der Waals surface area contributed by atoms with E-state index in [0.717, 1.165) is 13.0 Å². The van der Waals surface area contributed by atoms with Crippen molar-refractivity contribution in [1.29, 1.82) is 0 Å². The molecule has 0 saturated carbocycles. The minimum absolute atomic E-state index is 0. The average Bonchev–Trinajstić information content (AvgIpc) is 2.99. The van der Waals surface area contributed by atoms with E-state index < -0.39 is 15.7 Å². The molecule has 7 nitrogen and oxygen atoms in total. The maximum Gasteiger partial charge on any atom is 0.271 e. The van der Waals surface area contributed by atoms with Crippen molar-refractivity contribution in [3.05, 3.63) is 34.5 Å². The van der Waals surface area contributed by atoms with Gasteiger partial charge < -0.3 is 5.32 Å². The fraction of sp³-hybridized carbons (Fsp3) is 0.333. The number of nitro benzene ring substituents is 1. The standard InChI is InChI=1S/C12H12N4O3S.ClH/c17-16(18)8-1-2-10-11(5-8)14-7-12(15-10)20(19)9-3-4-13-6-9;/h1-2,5,7,9,13H,3-4,6H2;1H/t9-,20?;/m1./s1. The first-order valence-electron chi connectivity index (χ1n) is 6.17. The van der Waals surface area contributed by atoms with Gasteiger partial charge in [-0.15, -0.1) is 12.4 Å². The molecule has 112 valence electrons. The van der Waals surface area contributed by atoms with Crippen LogP contribution in [0.15, 0.2) is 29.4 Å². The van der Waals surface area contributed by atoms with Crippen molar-refractivity contribution in [2.75, 3.05) is 13.1 Å². The van der Waals surface area contributed by atoms with Gasteiger partial charge in [0.05, 0.1) is 38.2 Å². The van der Waals surface area contributed by atoms with Crippen molar-refractivity contribution >= 4 is 39.9 Å². The summed E-state index contributed by atoms with van der Waals surface area (Å²) < 4.78 is 12.3. The Balaban J connectivity index is 0.00000161. The second-order valence-corrected chi connectivity index (χ2v) is 6.23. The van der Waals surface area contributed by atoms with Gasteiger partial charge in [-0.3, -0.25) is 19.3 Å². The second-order valence-electron chi connectivity index (χ2n) is 4.55. The summed E-state index contributed by atoms with van der Waals surface area (Å²) in [6.07, 6.45) is 2.30. The van der Waals surface area contributed by atoms with E-state index >= 15 is 0 Å². The molecule has 1 fully saturated rings. The average molecular weight is 329 g/mol. The molecule has 0 amide bonds. The summed E-state index contributed by atoms with van der Waals surface area (Å²) in [5.41, 5.74) is 0.928. The lowest BCUT2D eigenvalue weighted by Gasteiger charge is -2.07. The Hall–Kier alpha value is -1.64. The van der Waals surface area contributed by atoms with E-state index in [0.29, 0.717) is 22.6 Å². The van der Waals surface area contributed by atoms with E-state index in [9.17, 15) is 14.3 Å². The van der Waals surface area contributed by atoms with Gasteiger partial charge in [-0.1, -0.05) is 0 Å². The van der Waals surface area contributed by atoms with Crippen LogP contribution < -0.4 is 5.32 Å². The van der Waals surface area contributed by atoms with Crippen molar-refractivity contribution in [2.45, 2.75) is 16.7 Å². The summed E-state index contributed by atoms with van der Waals surface area (Å²) in [5.74, 6) is 0. The molecule has 0 bridgehead atoms. The number of fused-ring (bicyclic) bond motifs is 1.